The van der Waals surface area contributed by atoms with Crippen molar-refractivity contribution in [3.8, 4) is 6.07 Å². The van der Waals surface area contributed by atoms with Crippen LogP contribution in [-0.4, -0.2) is 5.91 Å². The number of carbonyl (C=O) groups is 1. The van der Waals surface area contributed by atoms with Gasteiger partial charge in [-0.3, -0.25) is 4.79 Å². The molecule has 0 unspecified atom stereocenters. The zero-order chi connectivity index (χ0) is 15.2. The van der Waals surface area contributed by atoms with Crippen molar-refractivity contribution in [3.05, 3.63) is 71.3 Å². The Labute approximate surface area is 120 Å². The lowest BCUT2D eigenvalue weighted by Crippen LogP contribution is -2.29. The van der Waals surface area contributed by atoms with Crippen molar-refractivity contribution in [2.45, 2.75) is 12.5 Å². The van der Waals surface area contributed by atoms with Crippen molar-refractivity contribution >= 4 is 5.91 Å². The van der Waals surface area contributed by atoms with E-state index in [0.29, 0.717) is 5.56 Å². The SMILES string of the molecule is N#C[C@H](NC(=O)Cc1ccccc1F)c1ccc(F)cc1. The maximum absolute atomic E-state index is 13.4. The summed E-state index contributed by atoms with van der Waals surface area (Å²) < 4.78 is 26.3. The summed E-state index contributed by atoms with van der Waals surface area (Å²) in [6.45, 7) is 0. The van der Waals surface area contributed by atoms with Crippen LogP contribution in [0.25, 0.3) is 0 Å². The Hall–Kier alpha value is -2.74. The van der Waals surface area contributed by atoms with Crippen LogP contribution in [0.2, 0.25) is 0 Å². The smallest absolute Gasteiger partial charge is 0.225 e. The van der Waals surface area contributed by atoms with Gasteiger partial charge in [0.1, 0.15) is 17.7 Å². The first-order chi connectivity index (χ1) is 10.1. The minimum atomic E-state index is -0.898. The number of nitriles is 1. The zero-order valence-corrected chi connectivity index (χ0v) is 11.0. The van der Waals surface area contributed by atoms with Crippen molar-refractivity contribution < 1.29 is 13.6 Å². The summed E-state index contributed by atoms with van der Waals surface area (Å²) in [5, 5.41) is 11.6. The van der Waals surface area contributed by atoms with Gasteiger partial charge in [-0.05, 0) is 29.3 Å². The number of hydrogen-bond acceptors (Lipinski definition) is 2. The Balaban J connectivity index is 2.05. The Morgan fingerprint density at radius 3 is 2.43 bits per heavy atom. The predicted molar refractivity (Wildman–Crippen MR) is 73.0 cm³/mol. The normalized spacial score (nSPS) is 11.5. The Bertz CT molecular complexity index is 677. The summed E-state index contributed by atoms with van der Waals surface area (Å²) >= 11 is 0. The number of nitrogens with one attached hydrogen (secondary N) is 1. The van der Waals surface area contributed by atoms with Crippen LogP contribution in [0.4, 0.5) is 8.78 Å². The third kappa shape index (κ3) is 3.86. The van der Waals surface area contributed by atoms with Gasteiger partial charge in [-0.15, -0.1) is 0 Å². The molecule has 1 amide bonds. The van der Waals surface area contributed by atoms with Crippen LogP contribution in [-0.2, 0) is 11.2 Å². The number of amides is 1. The molecular weight excluding hydrogens is 274 g/mol. The third-order valence-corrected chi connectivity index (χ3v) is 2.95. The van der Waals surface area contributed by atoms with Gasteiger partial charge in [0, 0.05) is 0 Å². The minimum absolute atomic E-state index is 0.161. The van der Waals surface area contributed by atoms with Crippen molar-refractivity contribution in [2.75, 3.05) is 0 Å². The van der Waals surface area contributed by atoms with E-state index in [-0.39, 0.29) is 12.0 Å². The number of rotatable bonds is 4. The zero-order valence-electron chi connectivity index (χ0n) is 11.0. The van der Waals surface area contributed by atoms with Gasteiger partial charge in [-0.2, -0.15) is 5.26 Å². The van der Waals surface area contributed by atoms with Gasteiger partial charge in [0.15, 0.2) is 0 Å². The molecule has 21 heavy (non-hydrogen) atoms. The highest BCUT2D eigenvalue weighted by Crippen LogP contribution is 2.14. The molecular formula is C16H12F2N2O. The lowest BCUT2D eigenvalue weighted by atomic mass is 10.1. The molecule has 5 heteroatoms. The number of carbonyl (C=O) groups excluding carboxylic acids is 1. The monoisotopic (exact) mass is 286 g/mol. The Kier molecular flexibility index (Phi) is 4.62. The molecule has 0 aliphatic heterocycles. The van der Waals surface area contributed by atoms with Gasteiger partial charge in [0.05, 0.1) is 12.5 Å². The molecule has 3 nitrogen and oxygen atoms in total. The molecule has 2 rings (SSSR count). The molecule has 0 saturated heterocycles. The van der Waals surface area contributed by atoms with Crippen molar-refractivity contribution in [3.63, 3.8) is 0 Å². The number of halogens is 2. The molecule has 0 saturated carbocycles. The maximum Gasteiger partial charge on any atom is 0.225 e. The van der Waals surface area contributed by atoms with E-state index in [1.54, 1.807) is 6.07 Å². The van der Waals surface area contributed by atoms with Gasteiger partial charge < -0.3 is 5.32 Å². The molecule has 0 spiro atoms. The molecule has 0 aliphatic rings. The highest BCUT2D eigenvalue weighted by molar-refractivity contribution is 5.79. The largest absolute Gasteiger partial charge is 0.336 e. The molecule has 0 heterocycles. The molecule has 106 valence electrons. The average molecular weight is 286 g/mol. The van der Waals surface area contributed by atoms with E-state index in [1.165, 1.54) is 42.5 Å². The van der Waals surface area contributed by atoms with E-state index < -0.39 is 23.6 Å². The standard InChI is InChI=1S/C16H12F2N2O/c17-13-7-5-11(6-8-13)15(10-19)20-16(21)9-12-3-1-2-4-14(12)18/h1-8,15H,9H2,(H,20,21)/t15-/m0/s1. The van der Waals surface area contributed by atoms with Gasteiger partial charge in [0.2, 0.25) is 5.91 Å². The summed E-state index contributed by atoms with van der Waals surface area (Å²) in [5.74, 6) is -1.37. The molecule has 2 aromatic rings. The second-order valence-electron chi connectivity index (χ2n) is 4.45. The fourth-order valence-corrected chi connectivity index (χ4v) is 1.87. The quantitative estimate of drug-likeness (QED) is 0.939. The summed E-state index contributed by atoms with van der Waals surface area (Å²) in [6, 6.07) is 12.2. The van der Waals surface area contributed by atoms with Crippen LogP contribution < -0.4 is 5.32 Å². The van der Waals surface area contributed by atoms with Gasteiger partial charge in [-0.25, -0.2) is 8.78 Å². The lowest BCUT2D eigenvalue weighted by Gasteiger charge is -2.12. The molecule has 0 fully saturated rings. The summed E-state index contributed by atoms with van der Waals surface area (Å²) in [5.41, 5.74) is 0.728. The molecule has 0 aromatic heterocycles. The first-order valence-corrected chi connectivity index (χ1v) is 6.28. The molecule has 2 aromatic carbocycles. The molecule has 0 radical (unpaired) electrons. The topological polar surface area (TPSA) is 52.9 Å². The van der Waals surface area contributed by atoms with E-state index in [1.807, 2.05) is 6.07 Å². The first-order valence-electron chi connectivity index (χ1n) is 6.28. The average Bonchev–Trinajstić information content (AvgIpc) is 2.48. The minimum Gasteiger partial charge on any atom is -0.336 e. The van der Waals surface area contributed by atoms with Crippen LogP contribution in [0, 0.1) is 23.0 Å². The van der Waals surface area contributed by atoms with E-state index >= 15 is 0 Å². The van der Waals surface area contributed by atoms with Crippen LogP contribution in [0.1, 0.15) is 17.2 Å². The third-order valence-electron chi connectivity index (χ3n) is 2.95. The fraction of sp³-hybridized carbons (Fsp3) is 0.125. The van der Waals surface area contributed by atoms with Gasteiger partial charge in [-0.1, -0.05) is 30.3 Å². The van der Waals surface area contributed by atoms with Crippen LogP contribution in [0.3, 0.4) is 0 Å². The van der Waals surface area contributed by atoms with Gasteiger partial charge in [0.25, 0.3) is 0 Å². The van der Waals surface area contributed by atoms with Crippen LogP contribution in [0.15, 0.2) is 48.5 Å². The first kappa shape index (κ1) is 14.7. The maximum atomic E-state index is 13.4. The second kappa shape index (κ2) is 6.62. The van der Waals surface area contributed by atoms with E-state index in [4.69, 9.17) is 5.26 Å². The molecule has 1 N–H and O–H groups in total. The highest BCUT2D eigenvalue weighted by Gasteiger charge is 2.15. The van der Waals surface area contributed by atoms with Crippen molar-refractivity contribution in [2.24, 2.45) is 0 Å². The summed E-state index contributed by atoms with van der Waals surface area (Å²) in [4.78, 5) is 11.9. The highest BCUT2D eigenvalue weighted by atomic mass is 19.1. The van der Waals surface area contributed by atoms with Crippen LogP contribution >= 0.6 is 0 Å². The summed E-state index contributed by atoms with van der Waals surface area (Å²) in [7, 11) is 0. The Morgan fingerprint density at radius 1 is 1.14 bits per heavy atom. The number of benzene rings is 2. The summed E-state index contributed by atoms with van der Waals surface area (Å²) in [6.07, 6.45) is -0.161. The Morgan fingerprint density at radius 2 is 1.81 bits per heavy atom. The van der Waals surface area contributed by atoms with E-state index in [0.717, 1.165) is 0 Å². The molecule has 0 bridgehead atoms. The van der Waals surface area contributed by atoms with E-state index in [9.17, 15) is 13.6 Å². The number of hydrogen-bond donors (Lipinski definition) is 1. The van der Waals surface area contributed by atoms with Crippen LogP contribution in [0.5, 0.6) is 0 Å². The number of nitrogens with zero attached hydrogens (tertiary/aromatic N) is 1. The molecule has 1 atom stereocenters. The fourth-order valence-electron chi connectivity index (χ4n) is 1.87. The second-order valence-corrected chi connectivity index (χ2v) is 4.45. The molecule has 0 aliphatic carbocycles. The predicted octanol–water partition coefficient (Wildman–Crippen LogP) is 2.89. The van der Waals surface area contributed by atoms with E-state index in [2.05, 4.69) is 5.32 Å². The lowest BCUT2D eigenvalue weighted by molar-refractivity contribution is -0.120. The van der Waals surface area contributed by atoms with Gasteiger partial charge >= 0.3 is 0 Å². The van der Waals surface area contributed by atoms with Crippen molar-refractivity contribution in [1.82, 2.24) is 5.32 Å². The van der Waals surface area contributed by atoms with Crippen molar-refractivity contribution in [1.29, 1.82) is 5.26 Å².